The lowest BCUT2D eigenvalue weighted by atomic mass is 10.1. The third kappa shape index (κ3) is 4.79. The molecule has 3 atom stereocenters. The number of ether oxygens (including phenoxy) is 1. The van der Waals surface area contributed by atoms with Gasteiger partial charge in [0, 0.05) is 18.5 Å². The van der Waals surface area contributed by atoms with E-state index in [0.717, 1.165) is 12.1 Å². The first-order valence-electron chi connectivity index (χ1n) is 7.50. The zero-order chi connectivity index (χ0) is 17.7. The van der Waals surface area contributed by atoms with Crippen LogP contribution in [0.5, 0.6) is 5.75 Å². The molecule has 7 heteroatoms. The molecule has 1 heterocycles. The number of carbonyl (C=O) groups excluding carboxylic acids is 1. The molecule has 0 spiro atoms. The quantitative estimate of drug-likeness (QED) is 0.813. The van der Waals surface area contributed by atoms with Crippen molar-refractivity contribution in [1.29, 1.82) is 0 Å². The Morgan fingerprint density at radius 2 is 2.04 bits per heavy atom. The molecule has 2 rings (SSSR count). The molecule has 2 N–H and O–H groups in total. The van der Waals surface area contributed by atoms with Crippen molar-refractivity contribution in [2.45, 2.75) is 38.5 Å². The minimum Gasteiger partial charge on any atom is -0.481 e. The van der Waals surface area contributed by atoms with E-state index in [1.807, 2.05) is 0 Å². The summed E-state index contributed by atoms with van der Waals surface area (Å²) in [6.07, 6.45) is -0.0211. The van der Waals surface area contributed by atoms with Gasteiger partial charge in [-0.2, -0.15) is 0 Å². The average molecular weight is 339 g/mol. The Kier molecular flexibility index (Phi) is 5.92. The van der Waals surface area contributed by atoms with Crippen LogP contribution in [-0.2, 0) is 4.79 Å². The molecule has 2 aromatic rings. The van der Waals surface area contributed by atoms with Crippen molar-refractivity contribution in [3.63, 3.8) is 0 Å². The fourth-order valence-corrected chi connectivity index (χ4v) is 2.16. The summed E-state index contributed by atoms with van der Waals surface area (Å²) in [6, 6.07) is 6.02. The zero-order valence-corrected chi connectivity index (χ0v) is 13.3. The molecule has 1 aromatic carbocycles. The van der Waals surface area contributed by atoms with Gasteiger partial charge in [-0.15, -0.1) is 0 Å². The number of furan rings is 1. The smallest absolute Gasteiger partial charge is 0.260 e. The van der Waals surface area contributed by atoms with Gasteiger partial charge in [0.25, 0.3) is 5.91 Å². The van der Waals surface area contributed by atoms with Crippen LogP contribution < -0.4 is 10.1 Å². The maximum Gasteiger partial charge on any atom is 0.260 e. The summed E-state index contributed by atoms with van der Waals surface area (Å²) in [7, 11) is 0. The largest absolute Gasteiger partial charge is 0.481 e. The maximum absolute atomic E-state index is 13.1. The van der Waals surface area contributed by atoms with Crippen molar-refractivity contribution >= 4 is 5.91 Å². The summed E-state index contributed by atoms with van der Waals surface area (Å²) in [5.74, 6) is -1.99. The van der Waals surface area contributed by atoms with E-state index >= 15 is 0 Å². The van der Waals surface area contributed by atoms with Crippen molar-refractivity contribution in [3.05, 3.63) is 54.0 Å². The molecule has 1 amide bonds. The normalized spacial score (nSPS) is 14.7. The standard InChI is InChI=1S/C17H19F2NO4/c1-10(8-15(21)16-4-3-7-23-16)20-17(22)11(2)24-12-5-6-13(18)14(19)9-12/h3-7,9-11,15,21H,8H2,1-2H3,(H,20,22). The number of aliphatic hydroxyl groups excluding tert-OH is 1. The Hall–Kier alpha value is -2.41. The molecule has 0 saturated carbocycles. The number of hydrogen-bond donors (Lipinski definition) is 2. The van der Waals surface area contributed by atoms with E-state index < -0.39 is 29.7 Å². The van der Waals surface area contributed by atoms with E-state index in [4.69, 9.17) is 9.15 Å². The van der Waals surface area contributed by atoms with E-state index in [0.29, 0.717) is 5.76 Å². The van der Waals surface area contributed by atoms with Gasteiger partial charge in [0.05, 0.1) is 6.26 Å². The minimum absolute atomic E-state index is 0.0554. The molecule has 0 aliphatic heterocycles. The van der Waals surface area contributed by atoms with Gasteiger partial charge in [-0.05, 0) is 38.1 Å². The molecular weight excluding hydrogens is 320 g/mol. The summed E-state index contributed by atoms with van der Waals surface area (Å²) >= 11 is 0. The van der Waals surface area contributed by atoms with Crippen LogP contribution in [0.15, 0.2) is 41.0 Å². The Bertz CT molecular complexity index is 675. The van der Waals surface area contributed by atoms with Crippen LogP contribution in [0.2, 0.25) is 0 Å². The summed E-state index contributed by atoms with van der Waals surface area (Å²) in [6.45, 7) is 3.22. The van der Waals surface area contributed by atoms with Crippen molar-refractivity contribution in [1.82, 2.24) is 5.32 Å². The van der Waals surface area contributed by atoms with Gasteiger partial charge in [0.15, 0.2) is 17.7 Å². The van der Waals surface area contributed by atoms with Gasteiger partial charge in [-0.3, -0.25) is 4.79 Å². The van der Waals surface area contributed by atoms with Gasteiger partial charge < -0.3 is 19.6 Å². The van der Waals surface area contributed by atoms with Gasteiger partial charge in [0.2, 0.25) is 0 Å². The van der Waals surface area contributed by atoms with Crippen molar-refractivity contribution < 1.29 is 27.8 Å². The highest BCUT2D eigenvalue weighted by Crippen LogP contribution is 2.19. The van der Waals surface area contributed by atoms with Gasteiger partial charge in [0.1, 0.15) is 17.6 Å². The summed E-state index contributed by atoms with van der Waals surface area (Å²) in [5, 5.41) is 12.7. The third-order valence-electron chi connectivity index (χ3n) is 3.41. The topological polar surface area (TPSA) is 71.7 Å². The van der Waals surface area contributed by atoms with Gasteiger partial charge >= 0.3 is 0 Å². The molecule has 0 radical (unpaired) electrons. The van der Waals surface area contributed by atoms with E-state index in [-0.39, 0.29) is 18.2 Å². The Morgan fingerprint density at radius 3 is 2.67 bits per heavy atom. The second-order valence-corrected chi connectivity index (χ2v) is 5.51. The Balaban J connectivity index is 1.85. The minimum atomic E-state index is -1.05. The molecule has 0 aliphatic rings. The number of hydrogen-bond acceptors (Lipinski definition) is 4. The molecule has 0 fully saturated rings. The first-order valence-corrected chi connectivity index (χ1v) is 7.50. The van der Waals surface area contributed by atoms with Crippen molar-refractivity contribution in [2.75, 3.05) is 0 Å². The third-order valence-corrected chi connectivity index (χ3v) is 3.41. The molecule has 3 unspecified atom stereocenters. The van der Waals surface area contributed by atoms with Crippen LogP contribution in [0.4, 0.5) is 8.78 Å². The first kappa shape index (κ1) is 17.9. The Labute approximate surface area is 138 Å². The Morgan fingerprint density at radius 1 is 1.29 bits per heavy atom. The molecule has 130 valence electrons. The zero-order valence-electron chi connectivity index (χ0n) is 13.3. The van der Waals surface area contributed by atoms with E-state index in [1.165, 1.54) is 19.3 Å². The summed E-state index contributed by atoms with van der Waals surface area (Å²) in [4.78, 5) is 12.1. The number of aliphatic hydroxyl groups is 1. The van der Waals surface area contributed by atoms with Crippen molar-refractivity contribution in [2.24, 2.45) is 0 Å². The molecule has 0 saturated heterocycles. The highest BCUT2D eigenvalue weighted by Gasteiger charge is 2.20. The molecule has 0 aliphatic carbocycles. The van der Waals surface area contributed by atoms with Crippen LogP contribution in [0, 0.1) is 11.6 Å². The number of carbonyl (C=O) groups is 1. The molecule has 5 nitrogen and oxygen atoms in total. The lowest BCUT2D eigenvalue weighted by Gasteiger charge is -2.20. The molecular formula is C17H19F2NO4. The second kappa shape index (κ2) is 7.92. The summed E-state index contributed by atoms with van der Waals surface area (Å²) in [5.41, 5.74) is 0. The van der Waals surface area contributed by atoms with E-state index in [9.17, 15) is 18.7 Å². The predicted octanol–water partition coefficient (Wildman–Crippen LogP) is 2.95. The van der Waals surface area contributed by atoms with Crippen LogP contribution >= 0.6 is 0 Å². The highest BCUT2D eigenvalue weighted by molar-refractivity contribution is 5.80. The van der Waals surface area contributed by atoms with E-state index in [2.05, 4.69) is 5.32 Å². The van der Waals surface area contributed by atoms with E-state index in [1.54, 1.807) is 19.1 Å². The SMILES string of the molecule is CC(CC(O)c1ccco1)NC(=O)C(C)Oc1ccc(F)c(F)c1. The summed E-state index contributed by atoms with van der Waals surface area (Å²) < 4.78 is 36.4. The van der Waals surface area contributed by atoms with Crippen LogP contribution in [0.25, 0.3) is 0 Å². The second-order valence-electron chi connectivity index (χ2n) is 5.51. The number of benzene rings is 1. The maximum atomic E-state index is 13.1. The number of amides is 1. The van der Waals surface area contributed by atoms with Crippen LogP contribution in [0.3, 0.4) is 0 Å². The monoisotopic (exact) mass is 339 g/mol. The van der Waals surface area contributed by atoms with Crippen molar-refractivity contribution in [3.8, 4) is 5.75 Å². The number of nitrogens with one attached hydrogen (secondary N) is 1. The van der Waals surface area contributed by atoms with Gasteiger partial charge in [-0.1, -0.05) is 0 Å². The average Bonchev–Trinajstić information content (AvgIpc) is 3.05. The number of halogens is 2. The fraction of sp³-hybridized carbons (Fsp3) is 0.353. The van der Waals surface area contributed by atoms with Crippen LogP contribution in [-0.4, -0.2) is 23.2 Å². The first-order chi connectivity index (χ1) is 11.4. The molecule has 0 bridgehead atoms. The molecule has 1 aromatic heterocycles. The lowest BCUT2D eigenvalue weighted by Crippen LogP contribution is -2.41. The van der Waals surface area contributed by atoms with Crippen LogP contribution in [0.1, 0.15) is 32.1 Å². The fourth-order valence-electron chi connectivity index (χ4n) is 2.16. The van der Waals surface area contributed by atoms with Gasteiger partial charge in [-0.25, -0.2) is 8.78 Å². The lowest BCUT2D eigenvalue weighted by molar-refractivity contribution is -0.128. The number of rotatable bonds is 7. The highest BCUT2D eigenvalue weighted by atomic mass is 19.2. The molecule has 24 heavy (non-hydrogen) atoms. The predicted molar refractivity (Wildman–Crippen MR) is 82.3 cm³/mol.